The first-order valence-corrected chi connectivity index (χ1v) is 8.63. The number of imidazole rings is 1. The van der Waals surface area contributed by atoms with E-state index in [9.17, 15) is 4.79 Å². The summed E-state index contributed by atoms with van der Waals surface area (Å²) < 4.78 is 1.95. The molecule has 3 aromatic rings. The molecule has 0 aliphatic carbocycles. The van der Waals surface area contributed by atoms with E-state index in [0.29, 0.717) is 17.1 Å². The second-order valence-electron chi connectivity index (χ2n) is 6.12. The van der Waals surface area contributed by atoms with Crippen molar-refractivity contribution in [2.45, 2.75) is 26.3 Å². The topological polar surface area (TPSA) is 78.8 Å². The number of nitrogens with zero attached hydrogens (tertiary/aromatic N) is 4. The quantitative estimate of drug-likeness (QED) is 0.553. The minimum Gasteiger partial charge on any atom is -0.326 e. The molecule has 0 saturated heterocycles. The Hall–Kier alpha value is -2.09. The number of aryl methyl sites for hydroxylation is 1. The van der Waals surface area contributed by atoms with Gasteiger partial charge in [0.2, 0.25) is 5.95 Å². The number of rotatable bonds is 8. The van der Waals surface area contributed by atoms with Crippen molar-refractivity contribution in [1.82, 2.24) is 24.4 Å². The fraction of sp³-hybridized carbons (Fsp3) is 0.389. The van der Waals surface area contributed by atoms with Gasteiger partial charge in [-0.25, -0.2) is 4.98 Å². The maximum atomic E-state index is 12.2. The molecule has 0 spiro atoms. The largest absolute Gasteiger partial charge is 0.326 e. The summed E-state index contributed by atoms with van der Waals surface area (Å²) in [6, 6.07) is 9.64. The summed E-state index contributed by atoms with van der Waals surface area (Å²) in [5, 5.41) is 3.13. The molecule has 0 radical (unpaired) electrons. The molecule has 0 aliphatic heterocycles. The molecular formula is C18H26Cl2N6O. The summed E-state index contributed by atoms with van der Waals surface area (Å²) in [6.07, 6.45) is 3.82. The van der Waals surface area contributed by atoms with Crippen molar-refractivity contribution >= 4 is 47.6 Å². The predicted molar refractivity (Wildman–Crippen MR) is 115 cm³/mol. The van der Waals surface area contributed by atoms with Crippen LogP contribution in [0.3, 0.4) is 0 Å². The van der Waals surface area contributed by atoms with Crippen molar-refractivity contribution in [3.05, 3.63) is 47.0 Å². The lowest BCUT2D eigenvalue weighted by atomic mass is 10.3. The molecule has 0 unspecified atom stereocenters. The van der Waals surface area contributed by atoms with Gasteiger partial charge in [-0.3, -0.25) is 9.78 Å². The maximum absolute atomic E-state index is 12.2. The van der Waals surface area contributed by atoms with E-state index in [4.69, 9.17) is 0 Å². The van der Waals surface area contributed by atoms with Gasteiger partial charge in [-0.1, -0.05) is 25.1 Å². The van der Waals surface area contributed by atoms with Crippen LogP contribution in [-0.4, -0.2) is 44.6 Å². The molecule has 27 heavy (non-hydrogen) atoms. The zero-order valence-corrected chi connectivity index (χ0v) is 17.1. The van der Waals surface area contributed by atoms with Gasteiger partial charge in [-0.05, 0) is 45.1 Å². The molecule has 0 atom stereocenters. The summed E-state index contributed by atoms with van der Waals surface area (Å²) in [4.78, 5) is 26.0. The Morgan fingerprint density at radius 2 is 1.93 bits per heavy atom. The Morgan fingerprint density at radius 3 is 2.63 bits per heavy atom. The van der Waals surface area contributed by atoms with Crippen molar-refractivity contribution in [1.29, 1.82) is 0 Å². The number of fused-ring (bicyclic) bond motifs is 1. The highest BCUT2D eigenvalue weighted by Gasteiger charge is 2.10. The first-order chi connectivity index (χ1) is 12.2. The van der Waals surface area contributed by atoms with Gasteiger partial charge in [-0.15, -0.1) is 24.8 Å². The fourth-order valence-electron chi connectivity index (χ4n) is 2.66. The lowest BCUT2D eigenvalue weighted by molar-refractivity contribution is 0.339. The lowest BCUT2D eigenvalue weighted by Gasteiger charge is -2.13. The molecule has 0 fully saturated rings. The van der Waals surface area contributed by atoms with Crippen LogP contribution in [0.5, 0.6) is 0 Å². The van der Waals surface area contributed by atoms with Crippen LogP contribution in [0.15, 0.2) is 41.5 Å². The van der Waals surface area contributed by atoms with Crippen LogP contribution < -0.4 is 10.9 Å². The van der Waals surface area contributed by atoms with Gasteiger partial charge < -0.3 is 14.8 Å². The standard InChI is InChI=1S/C18H24N6O.2ClH/c1-3-23(2)11-7-8-12-24-13-19-15-16(24)21-18(22-17(15)25)20-14-9-5-4-6-10-14;;/h4-6,9-10,13H,3,7-8,11-12H2,1-2H3,(H2,20,21,22,25);2*1H. The Labute approximate surface area is 171 Å². The van der Waals surface area contributed by atoms with Crippen molar-refractivity contribution in [3.8, 4) is 0 Å². The van der Waals surface area contributed by atoms with Gasteiger partial charge in [-0.2, -0.15) is 4.98 Å². The van der Waals surface area contributed by atoms with E-state index >= 15 is 0 Å². The highest BCUT2D eigenvalue weighted by molar-refractivity contribution is 5.85. The molecule has 7 nitrogen and oxygen atoms in total. The van der Waals surface area contributed by atoms with Crippen LogP contribution in [-0.2, 0) is 6.54 Å². The van der Waals surface area contributed by atoms with E-state index in [-0.39, 0.29) is 30.4 Å². The van der Waals surface area contributed by atoms with E-state index in [2.05, 4.69) is 39.1 Å². The monoisotopic (exact) mass is 412 g/mol. The summed E-state index contributed by atoms with van der Waals surface area (Å²) in [5.41, 5.74) is 1.64. The third kappa shape index (κ3) is 5.95. The number of aromatic amines is 1. The normalized spacial score (nSPS) is 10.5. The smallest absolute Gasteiger partial charge is 0.280 e. The van der Waals surface area contributed by atoms with Gasteiger partial charge in [0.25, 0.3) is 5.56 Å². The Kier molecular flexibility index (Phi) is 9.28. The molecule has 2 heterocycles. The zero-order valence-electron chi connectivity index (χ0n) is 15.5. The first-order valence-electron chi connectivity index (χ1n) is 8.63. The van der Waals surface area contributed by atoms with Crippen LogP contribution in [0, 0.1) is 0 Å². The third-order valence-electron chi connectivity index (χ3n) is 4.24. The number of hydrogen-bond donors (Lipinski definition) is 2. The predicted octanol–water partition coefficient (Wildman–Crippen LogP) is 3.44. The van der Waals surface area contributed by atoms with E-state index in [1.807, 2.05) is 34.9 Å². The van der Waals surface area contributed by atoms with Crippen molar-refractivity contribution in [3.63, 3.8) is 0 Å². The summed E-state index contributed by atoms with van der Waals surface area (Å²) in [5.74, 6) is 0.427. The Bertz CT molecular complexity index is 880. The minimum atomic E-state index is -0.229. The number of H-pyrrole nitrogens is 1. The number of anilines is 2. The van der Waals surface area contributed by atoms with Gasteiger partial charge in [0.05, 0.1) is 6.33 Å². The van der Waals surface area contributed by atoms with Crippen LogP contribution in [0.2, 0.25) is 0 Å². The number of benzene rings is 1. The molecule has 148 valence electrons. The number of hydrogen-bond acceptors (Lipinski definition) is 5. The van der Waals surface area contributed by atoms with Gasteiger partial charge in [0, 0.05) is 12.2 Å². The second kappa shape index (κ2) is 10.9. The Balaban J connectivity index is 0.00000182. The number of para-hydroxylation sites is 1. The first kappa shape index (κ1) is 23.0. The van der Waals surface area contributed by atoms with E-state index in [1.165, 1.54) is 0 Å². The summed E-state index contributed by atoms with van der Waals surface area (Å²) in [6.45, 7) is 5.08. The molecule has 3 rings (SSSR count). The lowest BCUT2D eigenvalue weighted by Crippen LogP contribution is -2.19. The maximum Gasteiger partial charge on any atom is 0.280 e. The number of unbranched alkanes of at least 4 members (excludes halogenated alkanes) is 1. The molecule has 2 aromatic heterocycles. The van der Waals surface area contributed by atoms with Crippen molar-refractivity contribution in [2.75, 3.05) is 25.5 Å². The highest BCUT2D eigenvalue weighted by atomic mass is 35.5. The highest BCUT2D eigenvalue weighted by Crippen LogP contribution is 2.14. The molecule has 0 saturated carbocycles. The average Bonchev–Trinajstić information content (AvgIpc) is 3.03. The number of nitrogens with one attached hydrogen (secondary N) is 2. The molecule has 2 N–H and O–H groups in total. The zero-order chi connectivity index (χ0) is 17.6. The van der Waals surface area contributed by atoms with Gasteiger partial charge >= 0.3 is 0 Å². The van der Waals surface area contributed by atoms with Crippen LogP contribution in [0.1, 0.15) is 19.8 Å². The van der Waals surface area contributed by atoms with Gasteiger partial charge in [0.1, 0.15) is 0 Å². The minimum absolute atomic E-state index is 0. The molecule has 0 amide bonds. The SMILES string of the molecule is CCN(C)CCCCn1cnc2c(=O)[nH]c(Nc3ccccc3)nc21.Cl.Cl. The molecule has 0 aliphatic rings. The average molecular weight is 413 g/mol. The van der Waals surface area contributed by atoms with Crippen LogP contribution in [0.25, 0.3) is 11.2 Å². The van der Waals surface area contributed by atoms with Crippen molar-refractivity contribution < 1.29 is 0 Å². The second-order valence-corrected chi connectivity index (χ2v) is 6.12. The molecule has 0 bridgehead atoms. The third-order valence-corrected chi connectivity index (χ3v) is 4.24. The molecule has 9 heteroatoms. The summed E-state index contributed by atoms with van der Waals surface area (Å²) >= 11 is 0. The Morgan fingerprint density at radius 1 is 1.19 bits per heavy atom. The summed E-state index contributed by atoms with van der Waals surface area (Å²) in [7, 11) is 2.12. The number of halogens is 2. The van der Waals surface area contributed by atoms with Crippen LogP contribution >= 0.6 is 24.8 Å². The van der Waals surface area contributed by atoms with E-state index in [1.54, 1.807) is 6.33 Å². The van der Waals surface area contributed by atoms with Crippen LogP contribution in [0.4, 0.5) is 11.6 Å². The van der Waals surface area contributed by atoms with Gasteiger partial charge in [0.15, 0.2) is 11.2 Å². The van der Waals surface area contributed by atoms with E-state index in [0.717, 1.165) is 38.2 Å². The van der Waals surface area contributed by atoms with E-state index < -0.39 is 0 Å². The number of aromatic nitrogens is 4. The molecule has 1 aromatic carbocycles. The fourth-order valence-corrected chi connectivity index (χ4v) is 2.66. The van der Waals surface area contributed by atoms with Crippen molar-refractivity contribution in [2.24, 2.45) is 0 Å². The molecular weight excluding hydrogens is 387 g/mol.